The summed E-state index contributed by atoms with van der Waals surface area (Å²) in [6.45, 7) is 7.12. The number of imidazole rings is 1. The summed E-state index contributed by atoms with van der Waals surface area (Å²) in [6.07, 6.45) is 2.62. The molecular weight excluding hydrogens is 492 g/mol. The number of ether oxygens (including phenoxy) is 2. The molecule has 0 spiro atoms. The first-order valence-corrected chi connectivity index (χ1v) is 13.1. The fourth-order valence-electron chi connectivity index (χ4n) is 5.04. The Bertz CT molecular complexity index is 1290. The molecule has 0 saturated carbocycles. The number of nitrogens with zero attached hydrogens (tertiary/aromatic N) is 3. The van der Waals surface area contributed by atoms with Gasteiger partial charge in [-0.25, -0.2) is 9.59 Å². The molecule has 1 aromatic carbocycles. The van der Waals surface area contributed by atoms with E-state index in [1.807, 2.05) is 20.8 Å². The Hall–Kier alpha value is -3.63. The number of rotatable bonds is 6. The number of nitrogens with one attached hydrogen (secondary N) is 1. The predicted octanol–water partition coefficient (Wildman–Crippen LogP) is 2.44. The summed E-state index contributed by atoms with van der Waals surface area (Å²) < 4.78 is 13.8. The number of benzene rings is 1. The summed E-state index contributed by atoms with van der Waals surface area (Å²) in [7, 11) is 1.61. The Morgan fingerprint density at radius 3 is 2.42 bits per heavy atom. The monoisotopic (exact) mass is 528 g/mol. The van der Waals surface area contributed by atoms with Gasteiger partial charge < -0.3 is 14.4 Å². The second kappa shape index (κ2) is 11.0. The highest BCUT2D eigenvalue weighted by atomic mass is 16.6. The van der Waals surface area contributed by atoms with Crippen molar-refractivity contribution >= 4 is 34.9 Å². The highest BCUT2D eigenvalue weighted by Crippen LogP contribution is 2.25. The molecule has 3 amide bonds. The van der Waals surface area contributed by atoms with Crippen LogP contribution in [-0.4, -0.2) is 63.2 Å². The molecular formula is C27H36N4O7. The van der Waals surface area contributed by atoms with Crippen LogP contribution in [0.2, 0.25) is 0 Å². The van der Waals surface area contributed by atoms with Gasteiger partial charge in [0.15, 0.2) is 0 Å². The van der Waals surface area contributed by atoms with Crippen molar-refractivity contribution in [3.05, 3.63) is 34.2 Å². The quantitative estimate of drug-likeness (QED) is 0.450. The number of likely N-dealkylation sites (tertiary alicyclic amines) is 1. The second-order valence-corrected chi connectivity index (χ2v) is 11.1. The van der Waals surface area contributed by atoms with Crippen molar-refractivity contribution < 1.29 is 28.7 Å². The molecule has 0 bridgehead atoms. The van der Waals surface area contributed by atoms with Gasteiger partial charge in [0.2, 0.25) is 11.8 Å². The van der Waals surface area contributed by atoms with Gasteiger partial charge in [-0.1, -0.05) is 6.07 Å². The van der Waals surface area contributed by atoms with Crippen molar-refractivity contribution in [1.82, 2.24) is 19.4 Å². The van der Waals surface area contributed by atoms with Crippen LogP contribution in [0.25, 0.3) is 11.0 Å². The lowest BCUT2D eigenvalue weighted by Crippen LogP contribution is -2.44. The Kier molecular flexibility index (Phi) is 7.94. The van der Waals surface area contributed by atoms with Gasteiger partial charge in [0, 0.05) is 26.6 Å². The molecule has 206 valence electrons. The number of aromatic nitrogens is 2. The van der Waals surface area contributed by atoms with Crippen LogP contribution >= 0.6 is 0 Å². The van der Waals surface area contributed by atoms with E-state index in [4.69, 9.17) is 9.47 Å². The van der Waals surface area contributed by atoms with Gasteiger partial charge in [-0.3, -0.25) is 28.8 Å². The van der Waals surface area contributed by atoms with Crippen molar-refractivity contribution in [3.63, 3.8) is 0 Å². The maximum Gasteiger partial charge on any atom is 0.410 e. The number of fused-ring (bicyclic) bond motifs is 1. The number of imide groups is 1. The third-order valence-electron chi connectivity index (χ3n) is 7.08. The zero-order valence-electron chi connectivity index (χ0n) is 22.5. The van der Waals surface area contributed by atoms with E-state index in [9.17, 15) is 24.0 Å². The van der Waals surface area contributed by atoms with Crippen molar-refractivity contribution in [2.24, 2.45) is 13.0 Å². The van der Waals surface area contributed by atoms with Gasteiger partial charge in [0.1, 0.15) is 11.6 Å². The molecule has 0 radical (unpaired) electrons. The first kappa shape index (κ1) is 27.4. The molecule has 2 saturated heterocycles. The predicted molar refractivity (Wildman–Crippen MR) is 138 cm³/mol. The van der Waals surface area contributed by atoms with Gasteiger partial charge >= 0.3 is 17.8 Å². The smallest absolute Gasteiger partial charge is 0.410 e. The highest BCUT2D eigenvalue weighted by molar-refractivity contribution is 6.00. The number of piperidine rings is 2. The van der Waals surface area contributed by atoms with E-state index < -0.39 is 17.6 Å². The molecule has 0 aliphatic carbocycles. The minimum absolute atomic E-state index is 0.0603. The van der Waals surface area contributed by atoms with Crippen LogP contribution in [0.3, 0.4) is 0 Å². The molecule has 4 rings (SSSR count). The zero-order chi connectivity index (χ0) is 27.6. The molecule has 11 nitrogen and oxygen atoms in total. The Morgan fingerprint density at radius 1 is 1.05 bits per heavy atom. The lowest BCUT2D eigenvalue weighted by atomic mass is 9.94. The summed E-state index contributed by atoms with van der Waals surface area (Å²) in [6, 6.07) is 4.47. The minimum atomic E-state index is -0.754. The summed E-state index contributed by atoms with van der Waals surface area (Å²) in [5, 5.41) is 2.29. The summed E-state index contributed by atoms with van der Waals surface area (Å²) in [4.78, 5) is 63.2. The van der Waals surface area contributed by atoms with Crippen LogP contribution in [0, 0.1) is 5.92 Å². The SMILES string of the molecule is Cn1c(=O)n(C2CCC(=O)NC2=O)c2ccc(CC(=O)OCCC3CCN(C(=O)OC(C)(C)C)CC3)cc21. The zero-order valence-corrected chi connectivity index (χ0v) is 22.5. The molecule has 1 N–H and O–H groups in total. The van der Waals surface area contributed by atoms with E-state index in [0.717, 1.165) is 19.3 Å². The van der Waals surface area contributed by atoms with Crippen molar-refractivity contribution in [2.75, 3.05) is 19.7 Å². The average molecular weight is 529 g/mol. The minimum Gasteiger partial charge on any atom is -0.465 e. The third-order valence-corrected chi connectivity index (χ3v) is 7.08. The number of hydrogen-bond donors (Lipinski definition) is 1. The lowest BCUT2D eigenvalue weighted by Gasteiger charge is -2.33. The molecule has 38 heavy (non-hydrogen) atoms. The Labute approximate surface area is 221 Å². The first-order valence-electron chi connectivity index (χ1n) is 13.1. The largest absolute Gasteiger partial charge is 0.465 e. The van der Waals surface area contributed by atoms with Gasteiger partial charge in [-0.05, 0) is 70.1 Å². The topological polar surface area (TPSA) is 129 Å². The normalized spacial score (nSPS) is 18.9. The van der Waals surface area contributed by atoms with E-state index in [1.54, 1.807) is 30.1 Å². The molecule has 2 aromatic rings. The van der Waals surface area contributed by atoms with Crippen molar-refractivity contribution in [2.45, 2.75) is 70.9 Å². The van der Waals surface area contributed by atoms with Crippen LogP contribution in [0.5, 0.6) is 0 Å². The highest BCUT2D eigenvalue weighted by Gasteiger charge is 2.31. The van der Waals surface area contributed by atoms with Crippen molar-refractivity contribution in [1.29, 1.82) is 0 Å². The molecule has 2 aliphatic heterocycles. The molecule has 1 atom stereocenters. The molecule has 2 aliphatic rings. The number of aryl methyl sites for hydroxylation is 1. The fourth-order valence-corrected chi connectivity index (χ4v) is 5.04. The number of hydrogen-bond acceptors (Lipinski definition) is 7. The van der Waals surface area contributed by atoms with Gasteiger partial charge in [-0.2, -0.15) is 0 Å². The first-order chi connectivity index (χ1) is 17.9. The molecule has 3 heterocycles. The number of amides is 3. The van der Waals surface area contributed by atoms with Crippen LogP contribution in [-0.2, 0) is 37.3 Å². The standard InChI is InChI=1S/C27H36N4O7/c1-27(2,3)38-26(36)30-12-9-17(10-13-30)11-14-37-23(33)16-18-5-6-19-21(15-18)29(4)25(35)31(19)20-7-8-22(32)28-24(20)34/h5-6,15,17,20H,7-14,16H2,1-4H3,(H,28,32,34). The molecule has 2 fully saturated rings. The van der Waals surface area contributed by atoms with E-state index in [2.05, 4.69) is 5.32 Å². The van der Waals surface area contributed by atoms with E-state index >= 15 is 0 Å². The summed E-state index contributed by atoms with van der Waals surface area (Å²) in [5.41, 5.74) is 0.999. The van der Waals surface area contributed by atoms with E-state index in [1.165, 1.54) is 9.13 Å². The Morgan fingerprint density at radius 2 is 1.76 bits per heavy atom. The molecule has 1 aromatic heterocycles. The van der Waals surface area contributed by atoms with E-state index in [0.29, 0.717) is 42.2 Å². The average Bonchev–Trinajstić information content (AvgIpc) is 3.08. The second-order valence-electron chi connectivity index (χ2n) is 11.1. The van der Waals surface area contributed by atoms with E-state index in [-0.39, 0.29) is 42.9 Å². The third kappa shape index (κ3) is 6.25. The number of carbonyl (C=O) groups excluding carboxylic acids is 4. The van der Waals surface area contributed by atoms with Crippen LogP contribution < -0.4 is 11.0 Å². The number of esters is 1. The maximum absolute atomic E-state index is 12.9. The van der Waals surface area contributed by atoms with Crippen LogP contribution in [0.15, 0.2) is 23.0 Å². The fraction of sp³-hybridized carbons (Fsp3) is 0.593. The van der Waals surface area contributed by atoms with Gasteiger partial charge in [-0.15, -0.1) is 0 Å². The van der Waals surface area contributed by atoms with Crippen LogP contribution in [0.4, 0.5) is 4.79 Å². The molecule has 1 unspecified atom stereocenters. The number of carbonyl (C=O) groups is 4. The Balaban J connectivity index is 1.29. The maximum atomic E-state index is 12.9. The lowest BCUT2D eigenvalue weighted by molar-refractivity contribution is -0.143. The summed E-state index contributed by atoms with van der Waals surface area (Å²) in [5.74, 6) is -0.810. The van der Waals surface area contributed by atoms with Crippen molar-refractivity contribution in [3.8, 4) is 0 Å². The van der Waals surface area contributed by atoms with Gasteiger partial charge in [0.05, 0.1) is 24.1 Å². The van der Waals surface area contributed by atoms with Crippen LogP contribution in [0.1, 0.15) is 64.5 Å². The van der Waals surface area contributed by atoms with Gasteiger partial charge in [0.25, 0.3) is 0 Å². The summed E-state index contributed by atoms with van der Waals surface area (Å²) >= 11 is 0. The molecule has 11 heteroatoms.